The fraction of sp³-hybridized carbons (Fsp3) is 0.409. The Morgan fingerprint density at radius 3 is 2.56 bits per heavy atom. The van der Waals surface area contributed by atoms with Crippen molar-refractivity contribution in [2.24, 2.45) is 0 Å². The highest BCUT2D eigenvalue weighted by Crippen LogP contribution is 2.54. The molecule has 0 aromatic heterocycles. The lowest BCUT2D eigenvalue weighted by Gasteiger charge is -2.24. The Labute approximate surface area is 158 Å². The predicted octanol–water partition coefficient (Wildman–Crippen LogP) is 3.67. The smallest absolute Gasteiger partial charge is 0.245 e. The lowest BCUT2D eigenvalue weighted by molar-refractivity contribution is -0.122. The van der Waals surface area contributed by atoms with Crippen LogP contribution in [0.3, 0.4) is 0 Å². The molecule has 0 saturated heterocycles. The van der Waals surface area contributed by atoms with Crippen LogP contribution in [0, 0.1) is 0 Å². The standard InChI is InChI=1S/C22H23NO4/c1-2-3-6-9-23-17-8-5-4-7-15(17)22(21(23)24)14-27-18-13-20-19(12-16(18)22)25-10-11-26-20/h4-5,7-8,12-13H,2-3,6,9-11,14H2,1H3/t22-/m1/s1. The number of benzene rings is 2. The minimum absolute atomic E-state index is 0.107. The van der Waals surface area contributed by atoms with Gasteiger partial charge >= 0.3 is 0 Å². The molecule has 5 heteroatoms. The summed E-state index contributed by atoms with van der Waals surface area (Å²) >= 11 is 0. The zero-order valence-electron chi connectivity index (χ0n) is 15.5. The number of nitrogens with zero attached hydrogens (tertiary/aromatic N) is 1. The molecule has 0 N–H and O–H groups in total. The Balaban J connectivity index is 1.62. The van der Waals surface area contributed by atoms with Crippen LogP contribution in [0.5, 0.6) is 17.2 Å². The minimum Gasteiger partial charge on any atom is -0.491 e. The second-order valence-corrected chi connectivity index (χ2v) is 7.37. The second-order valence-electron chi connectivity index (χ2n) is 7.37. The molecule has 3 heterocycles. The number of anilines is 1. The van der Waals surface area contributed by atoms with E-state index in [1.165, 1.54) is 0 Å². The maximum Gasteiger partial charge on any atom is 0.245 e. The van der Waals surface area contributed by atoms with Gasteiger partial charge in [-0.15, -0.1) is 0 Å². The molecule has 3 aliphatic rings. The molecule has 5 nitrogen and oxygen atoms in total. The summed E-state index contributed by atoms with van der Waals surface area (Å²) in [4.78, 5) is 15.6. The largest absolute Gasteiger partial charge is 0.491 e. The van der Waals surface area contributed by atoms with E-state index >= 15 is 0 Å². The van der Waals surface area contributed by atoms with Crippen molar-refractivity contribution in [3.05, 3.63) is 47.5 Å². The van der Waals surface area contributed by atoms with Crippen LogP contribution in [0.15, 0.2) is 36.4 Å². The Kier molecular flexibility index (Phi) is 3.78. The molecule has 0 aliphatic carbocycles. The van der Waals surface area contributed by atoms with Gasteiger partial charge in [0.25, 0.3) is 0 Å². The molecule has 5 rings (SSSR count). The van der Waals surface area contributed by atoms with Gasteiger partial charge in [-0.3, -0.25) is 4.79 Å². The molecule has 2 aromatic rings. The van der Waals surface area contributed by atoms with Crippen LogP contribution in [0.1, 0.15) is 37.3 Å². The van der Waals surface area contributed by atoms with Crippen LogP contribution in [-0.4, -0.2) is 32.3 Å². The average Bonchev–Trinajstić information content (AvgIpc) is 3.19. The summed E-state index contributed by atoms with van der Waals surface area (Å²) in [6.07, 6.45) is 3.25. The van der Waals surface area contributed by atoms with Gasteiger partial charge in [-0.25, -0.2) is 0 Å². The molecule has 0 saturated carbocycles. The maximum absolute atomic E-state index is 13.7. The normalized spacial score (nSPS) is 22.0. The fourth-order valence-corrected chi connectivity index (χ4v) is 4.45. The van der Waals surface area contributed by atoms with Crippen molar-refractivity contribution in [3.8, 4) is 17.2 Å². The van der Waals surface area contributed by atoms with Crippen LogP contribution in [0.2, 0.25) is 0 Å². The van der Waals surface area contributed by atoms with Gasteiger partial charge in [-0.2, -0.15) is 0 Å². The summed E-state index contributed by atoms with van der Waals surface area (Å²) in [5, 5.41) is 0. The summed E-state index contributed by atoms with van der Waals surface area (Å²) in [7, 11) is 0. The first-order valence-corrected chi connectivity index (χ1v) is 9.74. The van der Waals surface area contributed by atoms with E-state index in [0.29, 0.717) is 31.3 Å². The van der Waals surface area contributed by atoms with Crippen molar-refractivity contribution in [2.75, 3.05) is 31.3 Å². The number of carbonyl (C=O) groups is 1. The summed E-state index contributed by atoms with van der Waals surface area (Å²) in [5.41, 5.74) is 2.14. The molecule has 27 heavy (non-hydrogen) atoms. The number of carbonyl (C=O) groups excluding carboxylic acids is 1. The monoisotopic (exact) mass is 365 g/mol. The lowest BCUT2D eigenvalue weighted by Crippen LogP contribution is -2.42. The highest BCUT2D eigenvalue weighted by atomic mass is 16.6. The van der Waals surface area contributed by atoms with E-state index in [2.05, 4.69) is 13.0 Å². The van der Waals surface area contributed by atoms with Crippen molar-refractivity contribution in [1.82, 2.24) is 0 Å². The zero-order valence-corrected chi connectivity index (χ0v) is 15.5. The second kappa shape index (κ2) is 6.19. The van der Waals surface area contributed by atoms with E-state index in [1.807, 2.05) is 35.2 Å². The minimum atomic E-state index is -0.784. The lowest BCUT2D eigenvalue weighted by atomic mass is 9.77. The molecule has 2 aromatic carbocycles. The number of amides is 1. The highest BCUT2D eigenvalue weighted by molar-refractivity contribution is 6.11. The van der Waals surface area contributed by atoms with Crippen LogP contribution < -0.4 is 19.1 Å². The number of para-hydroxylation sites is 1. The number of fused-ring (bicyclic) bond motifs is 5. The van der Waals surface area contributed by atoms with Crippen molar-refractivity contribution < 1.29 is 19.0 Å². The quantitative estimate of drug-likeness (QED) is 0.776. The Hall–Kier alpha value is -2.69. The van der Waals surface area contributed by atoms with E-state index in [4.69, 9.17) is 14.2 Å². The summed E-state index contributed by atoms with van der Waals surface area (Å²) in [6.45, 7) is 4.29. The Bertz CT molecular complexity index is 909. The molecule has 3 aliphatic heterocycles. The average molecular weight is 365 g/mol. The van der Waals surface area contributed by atoms with Gasteiger partial charge in [-0.05, 0) is 24.1 Å². The summed E-state index contributed by atoms with van der Waals surface area (Å²) in [6, 6.07) is 11.9. The van der Waals surface area contributed by atoms with Gasteiger partial charge in [0, 0.05) is 23.9 Å². The maximum atomic E-state index is 13.7. The van der Waals surface area contributed by atoms with E-state index in [1.54, 1.807) is 0 Å². The first-order valence-electron chi connectivity index (χ1n) is 9.74. The van der Waals surface area contributed by atoms with Gasteiger partial charge < -0.3 is 19.1 Å². The third kappa shape index (κ3) is 2.27. The number of ether oxygens (including phenoxy) is 3. The molecule has 1 amide bonds. The summed E-state index contributed by atoms with van der Waals surface area (Å²) < 4.78 is 17.5. The van der Waals surface area contributed by atoms with Gasteiger partial charge in [0.2, 0.25) is 5.91 Å². The zero-order chi connectivity index (χ0) is 18.4. The van der Waals surface area contributed by atoms with Gasteiger partial charge in [-0.1, -0.05) is 38.0 Å². The highest BCUT2D eigenvalue weighted by Gasteiger charge is 2.57. The van der Waals surface area contributed by atoms with E-state index < -0.39 is 5.41 Å². The predicted molar refractivity (Wildman–Crippen MR) is 102 cm³/mol. The number of unbranched alkanes of at least 4 members (excludes halogenated alkanes) is 2. The SMILES string of the molecule is CCCCCN1C(=O)[C@]2(COc3cc4c(cc32)OCCO4)c2ccccc21. The fourth-order valence-electron chi connectivity index (χ4n) is 4.45. The number of rotatable bonds is 4. The third-order valence-corrected chi connectivity index (χ3v) is 5.80. The van der Waals surface area contributed by atoms with Gasteiger partial charge in [0.05, 0.1) is 0 Å². The molecule has 0 fully saturated rings. The molecule has 0 unspecified atom stereocenters. The molecule has 1 atom stereocenters. The van der Waals surface area contributed by atoms with E-state index in [9.17, 15) is 4.79 Å². The Morgan fingerprint density at radius 1 is 0.963 bits per heavy atom. The first kappa shape index (κ1) is 16.5. The van der Waals surface area contributed by atoms with E-state index in [0.717, 1.165) is 48.4 Å². The van der Waals surface area contributed by atoms with Crippen LogP contribution in [0.4, 0.5) is 5.69 Å². The van der Waals surface area contributed by atoms with Gasteiger partial charge in [0.15, 0.2) is 11.5 Å². The van der Waals surface area contributed by atoms with Crippen molar-refractivity contribution in [2.45, 2.75) is 31.6 Å². The van der Waals surface area contributed by atoms with E-state index in [-0.39, 0.29) is 5.91 Å². The van der Waals surface area contributed by atoms with Crippen LogP contribution in [-0.2, 0) is 10.2 Å². The molecule has 0 bridgehead atoms. The summed E-state index contributed by atoms with van der Waals surface area (Å²) in [5.74, 6) is 2.21. The molecular formula is C22H23NO4. The first-order chi connectivity index (χ1) is 13.3. The van der Waals surface area contributed by atoms with Crippen molar-refractivity contribution in [3.63, 3.8) is 0 Å². The van der Waals surface area contributed by atoms with Crippen molar-refractivity contribution >= 4 is 11.6 Å². The number of hydrogen-bond acceptors (Lipinski definition) is 4. The molecule has 140 valence electrons. The molecule has 1 spiro atoms. The van der Waals surface area contributed by atoms with Crippen LogP contribution >= 0.6 is 0 Å². The topological polar surface area (TPSA) is 48.0 Å². The Morgan fingerprint density at radius 2 is 1.74 bits per heavy atom. The van der Waals surface area contributed by atoms with Crippen molar-refractivity contribution in [1.29, 1.82) is 0 Å². The van der Waals surface area contributed by atoms with Crippen LogP contribution in [0.25, 0.3) is 0 Å². The van der Waals surface area contributed by atoms with Gasteiger partial charge in [0.1, 0.15) is 31.0 Å². The third-order valence-electron chi connectivity index (χ3n) is 5.80. The molecular weight excluding hydrogens is 342 g/mol. The number of hydrogen-bond donors (Lipinski definition) is 0. The molecule has 0 radical (unpaired) electrons.